The van der Waals surface area contributed by atoms with E-state index < -0.39 is 0 Å². The van der Waals surface area contributed by atoms with Crippen molar-refractivity contribution in [1.82, 2.24) is 15.5 Å². The Bertz CT molecular complexity index is 650. The molecular formula is C20H30N4O3. The molecule has 0 aromatic heterocycles. The average Bonchev–Trinajstić information content (AvgIpc) is 2.70. The molecule has 1 amide bonds. The summed E-state index contributed by atoms with van der Waals surface area (Å²) in [7, 11) is 3.46. The lowest BCUT2D eigenvalue weighted by molar-refractivity contribution is -0.121. The minimum absolute atomic E-state index is 0.113. The van der Waals surface area contributed by atoms with Gasteiger partial charge in [-0.05, 0) is 43.4 Å². The predicted molar refractivity (Wildman–Crippen MR) is 106 cm³/mol. The molecule has 27 heavy (non-hydrogen) atoms. The molecule has 1 aromatic carbocycles. The lowest BCUT2D eigenvalue weighted by atomic mass is 9.93. The molecule has 1 fully saturated rings. The first-order valence-electron chi connectivity index (χ1n) is 9.49. The van der Waals surface area contributed by atoms with Crippen molar-refractivity contribution in [3.8, 4) is 0 Å². The molecular weight excluding hydrogens is 344 g/mol. The van der Waals surface area contributed by atoms with Gasteiger partial charge < -0.3 is 20.3 Å². The first-order chi connectivity index (χ1) is 13.1. The van der Waals surface area contributed by atoms with Crippen molar-refractivity contribution in [3.05, 3.63) is 35.4 Å². The third kappa shape index (κ3) is 6.27. The van der Waals surface area contributed by atoms with Crippen LogP contribution in [0, 0.1) is 5.92 Å². The van der Waals surface area contributed by atoms with Crippen molar-refractivity contribution in [3.63, 3.8) is 0 Å². The van der Waals surface area contributed by atoms with E-state index in [4.69, 9.17) is 4.74 Å². The topological polar surface area (TPSA) is 83.0 Å². The van der Waals surface area contributed by atoms with E-state index in [9.17, 15) is 9.59 Å². The number of benzene rings is 1. The maximum atomic E-state index is 11.7. The number of carbonyl (C=O) groups is 2. The van der Waals surface area contributed by atoms with Crippen LogP contribution in [-0.4, -0.2) is 56.5 Å². The van der Waals surface area contributed by atoms with Crippen LogP contribution in [0.15, 0.2) is 29.3 Å². The molecule has 7 nitrogen and oxygen atoms in total. The van der Waals surface area contributed by atoms with Gasteiger partial charge in [0, 0.05) is 40.2 Å². The van der Waals surface area contributed by atoms with Crippen molar-refractivity contribution in [2.75, 3.05) is 33.8 Å². The van der Waals surface area contributed by atoms with E-state index in [1.54, 1.807) is 33.2 Å². The molecule has 0 saturated carbocycles. The monoisotopic (exact) mass is 374 g/mol. The molecule has 0 radical (unpaired) electrons. The Morgan fingerprint density at radius 3 is 2.44 bits per heavy atom. The number of piperidine rings is 1. The molecule has 0 aliphatic carbocycles. The maximum absolute atomic E-state index is 11.7. The molecule has 1 aromatic rings. The van der Waals surface area contributed by atoms with Crippen molar-refractivity contribution in [1.29, 1.82) is 0 Å². The number of hydrogen-bond donors (Lipinski definition) is 2. The van der Waals surface area contributed by atoms with Crippen molar-refractivity contribution >= 4 is 17.8 Å². The number of carbonyl (C=O) groups excluding carboxylic acids is 2. The fourth-order valence-corrected chi connectivity index (χ4v) is 3.20. The Morgan fingerprint density at radius 1 is 1.22 bits per heavy atom. The number of guanidine groups is 1. The Balaban J connectivity index is 1.82. The quantitative estimate of drug-likeness (QED) is 0.451. The Kier molecular flexibility index (Phi) is 8.10. The minimum Gasteiger partial charge on any atom is -0.462 e. The lowest BCUT2D eigenvalue weighted by Crippen LogP contribution is -2.45. The molecule has 1 heterocycles. The molecule has 0 unspecified atom stereocenters. The summed E-state index contributed by atoms with van der Waals surface area (Å²) < 4.78 is 5.00. The summed E-state index contributed by atoms with van der Waals surface area (Å²) in [6.45, 7) is 4.58. The molecule has 1 aliphatic rings. The highest BCUT2D eigenvalue weighted by molar-refractivity contribution is 5.89. The Labute approximate surface area is 161 Å². The number of hydrogen-bond acceptors (Lipinski definition) is 4. The van der Waals surface area contributed by atoms with Gasteiger partial charge in [0.05, 0.1) is 12.2 Å². The van der Waals surface area contributed by atoms with Gasteiger partial charge >= 0.3 is 5.97 Å². The van der Waals surface area contributed by atoms with Gasteiger partial charge in [-0.25, -0.2) is 4.79 Å². The summed E-state index contributed by atoms with van der Waals surface area (Å²) >= 11 is 0. The largest absolute Gasteiger partial charge is 0.462 e. The minimum atomic E-state index is -0.299. The molecule has 0 atom stereocenters. The van der Waals surface area contributed by atoms with Crippen molar-refractivity contribution in [2.24, 2.45) is 10.9 Å². The zero-order valence-corrected chi connectivity index (χ0v) is 16.5. The Hall–Kier alpha value is -2.57. The van der Waals surface area contributed by atoms with Gasteiger partial charge in [-0.15, -0.1) is 0 Å². The van der Waals surface area contributed by atoms with Gasteiger partial charge in [-0.1, -0.05) is 12.1 Å². The van der Waals surface area contributed by atoms with Crippen molar-refractivity contribution < 1.29 is 14.3 Å². The van der Waals surface area contributed by atoms with E-state index in [0.29, 0.717) is 31.1 Å². The molecule has 0 bridgehead atoms. The fraction of sp³-hybridized carbons (Fsp3) is 0.550. The van der Waals surface area contributed by atoms with Crippen LogP contribution in [-0.2, 0) is 16.1 Å². The number of nitrogens with one attached hydrogen (secondary N) is 2. The van der Waals surface area contributed by atoms with Crippen LogP contribution in [0.3, 0.4) is 0 Å². The molecule has 2 rings (SSSR count). The van der Waals surface area contributed by atoms with E-state index in [-0.39, 0.29) is 11.9 Å². The zero-order chi connectivity index (χ0) is 19.6. The summed E-state index contributed by atoms with van der Waals surface area (Å²) in [6, 6.07) is 7.40. The molecule has 148 valence electrons. The summed E-state index contributed by atoms with van der Waals surface area (Å²) in [5.74, 6) is 1.12. The lowest BCUT2D eigenvalue weighted by Gasteiger charge is -2.34. The van der Waals surface area contributed by atoms with E-state index in [1.165, 1.54) is 0 Å². The Morgan fingerprint density at radius 2 is 1.89 bits per heavy atom. The van der Waals surface area contributed by atoms with Crippen LogP contribution in [0.25, 0.3) is 0 Å². The summed E-state index contributed by atoms with van der Waals surface area (Å²) in [5, 5.41) is 6.07. The van der Waals surface area contributed by atoms with Crippen LogP contribution in [0.1, 0.15) is 42.1 Å². The smallest absolute Gasteiger partial charge is 0.338 e. The van der Waals surface area contributed by atoms with Crippen molar-refractivity contribution in [2.45, 2.75) is 32.7 Å². The van der Waals surface area contributed by atoms with Gasteiger partial charge in [0.2, 0.25) is 5.91 Å². The third-order valence-electron chi connectivity index (χ3n) is 4.79. The number of nitrogens with zero attached hydrogens (tertiary/aromatic N) is 2. The van der Waals surface area contributed by atoms with E-state index in [0.717, 1.165) is 37.5 Å². The normalized spacial score (nSPS) is 15.4. The van der Waals surface area contributed by atoms with E-state index in [2.05, 4.69) is 20.5 Å². The second-order valence-corrected chi connectivity index (χ2v) is 6.63. The van der Waals surface area contributed by atoms with Gasteiger partial charge in [-0.3, -0.25) is 9.79 Å². The first kappa shape index (κ1) is 20.7. The van der Waals surface area contributed by atoms with Crippen LogP contribution in [0.2, 0.25) is 0 Å². The van der Waals surface area contributed by atoms with Gasteiger partial charge in [0.25, 0.3) is 0 Å². The van der Waals surface area contributed by atoms with Crippen LogP contribution >= 0.6 is 0 Å². The number of esters is 1. The van der Waals surface area contributed by atoms with E-state index >= 15 is 0 Å². The molecule has 1 saturated heterocycles. The molecule has 1 aliphatic heterocycles. The highest BCUT2D eigenvalue weighted by atomic mass is 16.5. The van der Waals surface area contributed by atoms with Gasteiger partial charge in [0.15, 0.2) is 5.96 Å². The first-order valence-corrected chi connectivity index (χ1v) is 9.49. The highest BCUT2D eigenvalue weighted by Gasteiger charge is 2.23. The van der Waals surface area contributed by atoms with Gasteiger partial charge in [-0.2, -0.15) is 0 Å². The van der Waals surface area contributed by atoms with Crippen LogP contribution < -0.4 is 10.6 Å². The zero-order valence-electron chi connectivity index (χ0n) is 16.5. The van der Waals surface area contributed by atoms with Crippen LogP contribution in [0.5, 0.6) is 0 Å². The standard InChI is InChI=1S/C20H30N4O3/c1-4-27-19(26)17-7-5-16(6-8-17)14-23-20(22-3)24-11-9-15(10-12-24)13-18(25)21-2/h5-8,15H,4,9-14H2,1-3H3,(H,21,25)(H,22,23). The van der Waals surface area contributed by atoms with E-state index in [1.807, 2.05) is 12.1 Å². The number of likely N-dealkylation sites (tertiary alicyclic amines) is 1. The molecule has 0 spiro atoms. The number of ether oxygens (including phenoxy) is 1. The maximum Gasteiger partial charge on any atom is 0.338 e. The SMILES string of the molecule is CCOC(=O)c1ccc(CNC(=NC)N2CCC(CC(=O)NC)CC2)cc1. The highest BCUT2D eigenvalue weighted by Crippen LogP contribution is 2.20. The summed E-state index contributed by atoms with van der Waals surface area (Å²) in [4.78, 5) is 29.8. The molecule has 7 heteroatoms. The predicted octanol–water partition coefficient (Wildman–Crippen LogP) is 1.79. The second kappa shape index (κ2) is 10.5. The fourth-order valence-electron chi connectivity index (χ4n) is 3.20. The third-order valence-corrected chi connectivity index (χ3v) is 4.79. The summed E-state index contributed by atoms with van der Waals surface area (Å²) in [6.07, 6.45) is 2.58. The van der Waals surface area contributed by atoms with Gasteiger partial charge in [0.1, 0.15) is 0 Å². The average molecular weight is 374 g/mol. The van der Waals surface area contributed by atoms with Crippen LogP contribution in [0.4, 0.5) is 0 Å². The molecule has 2 N–H and O–H groups in total. The second-order valence-electron chi connectivity index (χ2n) is 6.63. The number of aliphatic imine (C=N–C) groups is 1. The number of rotatable bonds is 6. The summed E-state index contributed by atoms with van der Waals surface area (Å²) in [5.41, 5.74) is 1.63. The number of amides is 1.